The van der Waals surface area contributed by atoms with Crippen LogP contribution in [0.1, 0.15) is 59.5 Å². The van der Waals surface area contributed by atoms with Gasteiger partial charge < -0.3 is 5.73 Å². The summed E-state index contributed by atoms with van der Waals surface area (Å²) in [5, 5.41) is 0. The van der Waals surface area contributed by atoms with Gasteiger partial charge in [-0.25, -0.2) is 0 Å². The topological polar surface area (TPSA) is 26.0 Å². The van der Waals surface area contributed by atoms with E-state index in [1.165, 1.54) is 36.5 Å². The minimum atomic E-state index is -0.0178. The second kappa shape index (κ2) is 7.08. The van der Waals surface area contributed by atoms with E-state index in [9.17, 15) is 0 Å². The van der Waals surface area contributed by atoms with E-state index in [0.29, 0.717) is 0 Å². The monoisotopic (exact) mass is 365 g/mol. The molecule has 1 unspecified atom stereocenters. The molecular weight excluding hydrogens is 342 g/mol. The molecule has 0 radical (unpaired) electrons. The molecule has 1 aromatic heterocycles. The molecule has 0 aliphatic carbocycles. The standard InChI is InChI=1S/C18H24BrNS/c1-5-12-9-13(6-2)16(14(7-3)10-12)17(20)15-8-11(4)18(19)21-15/h8-10,17H,5-7,20H2,1-4H3. The van der Waals surface area contributed by atoms with Crippen molar-refractivity contribution in [1.82, 2.24) is 0 Å². The van der Waals surface area contributed by atoms with Gasteiger partial charge in [0.1, 0.15) is 0 Å². The van der Waals surface area contributed by atoms with E-state index in [4.69, 9.17) is 5.73 Å². The zero-order valence-electron chi connectivity index (χ0n) is 13.3. The lowest BCUT2D eigenvalue weighted by Crippen LogP contribution is -2.16. The first-order chi connectivity index (χ1) is 10.0. The van der Waals surface area contributed by atoms with Gasteiger partial charge in [0.2, 0.25) is 0 Å². The number of rotatable bonds is 5. The number of hydrogen-bond acceptors (Lipinski definition) is 2. The quantitative estimate of drug-likeness (QED) is 0.737. The molecule has 0 bridgehead atoms. The van der Waals surface area contributed by atoms with Gasteiger partial charge in [-0.2, -0.15) is 0 Å². The molecular formula is C18H24BrNS. The van der Waals surface area contributed by atoms with Crippen molar-refractivity contribution in [2.24, 2.45) is 5.73 Å². The first-order valence-electron chi connectivity index (χ1n) is 7.67. The van der Waals surface area contributed by atoms with Crippen LogP contribution in [0.2, 0.25) is 0 Å². The SMILES string of the molecule is CCc1cc(CC)c(C(N)c2cc(C)c(Br)s2)c(CC)c1. The zero-order valence-corrected chi connectivity index (χ0v) is 15.7. The maximum Gasteiger partial charge on any atom is 0.0731 e. The molecule has 0 aliphatic rings. The summed E-state index contributed by atoms with van der Waals surface area (Å²) in [6.07, 6.45) is 3.16. The van der Waals surface area contributed by atoms with Crippen molar-refractivity contribution in [3.05, 3.63) is 54.7 Å². The van der Waals surface area contributed by atoms with E-state index < -0.39 is 0 Å². The third kappa shape index (κ3) is 3.41. The second-order valence-corrected chi connectivity index (χ2v) is 7.87. The Morgan fingerprint density at radius 3 is 2.00 bits per heavy atom. The fourth-order valence-electron chi connectivity index (χ4n) is 2.82. The Hall–Kier alpha value is -0.640. The normalized spacial score (nSPS) is 12.7. The lowest BCUT2D eigenvalue weighted by molar-refractivity contribution is 0.839. The van der Waals surface area contributed by atoms with Crippen molar-refractivity contribution in [3.63, 3.8) is 0 Å². The van der Waals surface area contributed by atoms with Gasteiger partial charge in [-0.1, -0.05) is 32.9 Å². The Kier molecular flexibility index (Phi) is 5.64. The van der Waals surface area contributed by atoms with Gasteiger partial charge in [-0.15, -0.1) is 11.3 Å². The van der Waals surface area contributed by atoms with Crippen LogP contribution in [0, 0.1) is 6.92 Å². The first kappa shape index (κ1) is 16.7. The van der Waals surface area contributed by atoms with Crippen LogP contribution in [-0.2, 0) is 19.3 Å². The average Bonchev–Trinajstić information content (AvgIpc) is 2.84. The lowest BCUT2D eigenvalue weighted by atomic mass is 9.89. The molecule has 1 aromatic carbocycles. The Balaban J connectivity index is 2.55. The Labute approximate surface area is 140 Å². The molecule has 0 fully saturated rings. The predicted molar refractivity (Wildman–Crippen MR) is 97.4 cm³/mol. The van der Waals surface area contributed by atoms with Crippen LogP contribution in [0.15, 0.2) is 22.0 Å². The summed E-state index contributed by atoms with van der Waals surface area (Å²) in [6, 6.07) is 6.87. The molecule has 0 aliphatic heterocycles. The number of aryl methyl sites for hydroxylation is 4. The molecule has 0 saturated carbocycles. The summed E-state index contributed by atoms with van der Waals surface area (Å²) in [5.41, 5.74) is 13.5. The molecule has 1 atom stereocenters. The molecule has 21 heavy (non-hydrogen) atoms. The minimum Gasteiger partial charge on any atom is -0.320 e. The highest BCUT2D eigenvalue weighted by Gasteiger charge is 2.19. The van der Waals surface area contributed by atoms with Gasteiger partial charge in [0.15, 0.2) is 0 Å². The van der Waals surface area contributed by atoms with Crippen LogP contribution >= 0.6 is 27.3 Å². The van der Waals surface area contributed by atoms with Crippen molar-refractivity contribution in [1.29, 1.82) is 0 Å². The van der Waals surface area contributed by atoms with Crippen LogP contribution in [0.25, 0.3) is 0 Å². The van der Waals surface area contributed by atoms with Crippen LogP contribution in [0.3, 0.4) is 0 Å². The maximum absolute atomic E-state index is 6.63. The smallest absolute Gasteiger partial charge is 0.0731 e. The average molecular weight is 366 g/mol. The van der Waals surface area contributed by atoms with Crippen LogP contribution < -0.4 is 5.73 Å². The highest BCUT2D eigenvalue weighted by molar-refractivity contribution is 9.11. The molecule has 1 nitrogen and oxygen atoms in total. The van der Waals surface area contributed by atoms with Gasteiger partial charge in [0.25, 0.3) is 0 Å². The molecule has 3 heteroatoms. The van der Waals surface area contributed by atoms with Crippen LogP contribution in [-0.4, -0.2) is 0 Å². The number of benzene rings is 1. The molecule has 2 rings (SSSR count). The van der Waals surface area contributed by atoms with Gasteiger partial charge in [0.05, 0.1) is 9.83 Å². The van der Waals surface area contributed by atoms with E-state index in [-0.39, 0.29) is 6.04 Å². The molecule has 1 heterocycles. The Bertz CT molecular complexity index is 586. The number of hydrogen-bond donors (Lipinski definition) is 1. The molecule has 0 spiro atoms. The molecule has 114 valence electrons. The maximum atomic E-state index is 6.63. The fourth-order valence-corrected chi connectivity index (χ4v) is 4.40. The molecule has 0 amide bonds. The molecule has 2 N–H and O–H groups in total. The third-order valence-corrected chi connectivity index (χ3v) is 6.29. The predicted octanol–water partition coefficient (Wildman–Crippen LogP) is 5.55. The zero-order chi connectivity index (χ0) is 15.6. The van der Waals surface area contributed by atoms with Gasteiger partial charge in [-0.05, 0) is 76.0 Å². The summed E-state index contributed by atoms with van der Waals surface area (Å²) in [7, 11) is 0. The number of thiophene rings is 1. The largest absolute Gasteiger partial charge is 0.320 e. The third-order valence-electron chi connectivity index (χ3n) is 4.07. The minimum absolute atomic E-state index is 0.0178. The van der Waals surface area contributed by atoms with Gasteiger partial charge in [0, 0.05) is 4.88 Å². The summed E-state index contributed by atoms with van der Waals surface area (Å²) in [4.78, 5) is 1.24. The summed E-state index contributed by atoms with van der Waals surface area (Å²) in [5.74, 6) is 0. The summed E-state index contributed by atoms with van der Waals surface area (Å²) >= 11 is 5.37. The van der Waals surface area contributed by atoms with Crippen LogP contribution in [0.5, 0.6) is 0 Å². The number of nitrogens with two attached hydrogens (primary N) is 1. The van der Waals surface area contributed by atoms with Crippen molar-refractivity contribution in [3.8, 4) is 0 Å². The van der Waals surface area contributed by atoms with Gasteiger partial charge in [-0.3, -0.25) is 0 Å². The highest BCUT2D eigenvalue weighted by Crippen LogP contribution is 2.36. The van der Waals surface area contributed by atoms with E-state index >= 15 is 0 Å². The Morgan fingerprint density at radius 1 is 1.05 bits per heavy atom. The summed E-state index contributed by atoms with van der Waals surface area (Å²) in [6.45, 7) is 8.78. The fraction of sp³-hybridized carbons (Fsp3) is 0.444. The van der Waals surface area contributed by atoms with Gasteiger partial charge >= 0.3 is 0 Å². The summed E-state index contributed by atoms with van der Waals surface area (Å²) < 4.78 is 1.19. The highest BCUT2D eigenvalue weighted by atomic mass is 79.9. The van der Waals surface area contributed by atoms with E-state index in [2.05, 4.69) is 61.8 Å². The lowest BCUT2D eigenvalue weighted by Gasteiger charge is -2.20. The first-order valence-corrected chi connectivity index (χ1v) is 9.28. The van der Waals surface area contributed by atoms with Crippen LogP contribution in [0.4, 0.5) is 0 Å². The van der Waals surface area contributed by atoms with Crippen molar-refractivity contribution in [2.75, 3.05) is 0 Å². The van der Waals surface area contributed by atoms with Crippen molar-refractivity contribution in [2.45, 2.75) is 53.0 Å². The molecule has 0 saturated heterocycles. The van der Waals surface area contributed by atoms with E-state index in [0.717, 1.165) is 19.3 Å². The second-order valence-electron chi connectivity index (χ2n) is 5.47. The van der Waals surface area contributed by atoms with E-state index in [1.54, 1.807) is 11.3 Å². The number of halogens is 1. The molecule has 2 aromatic rings. The van der Waals surface area contributed by atoms with Crippen molar-refractivity contribution < 1.29 is 0 Å². The van der Waals surface area contributed by atoms with E-state index in [1.807, 2.05) is 0 Å². The van der Waals surface area contributed by atoms with Crippen molar-refractivity contribution >= 4 is 27.3 Å². The Morgan fingerprint density at radius 2 is 1.62 bits per heavy atom.